The molecule has 10 heteroatoms. The summed E-state index contributed by atoms with van der Waals surface area (Å²) in [6, 6.07) is 9.69. The van der Waals surface area contributed by atoms with Crippen molar-refractivity contribution in [3.63, 3.8) is 0 Å². The first-order valence-corrected chi connectivity index (χ1v) is 11.2. The molecule has 3 rings (SSSR count). The number of thiazole rings is 1. The van der Waals surface area contributed by atoms with Crippen molar-refractivity contribution < 1.29 is 17.6 Å². The van der Waals surface area contributed by atoms with Gasteiger partial charge in [-0.3, -0.25) is 10.1 Å². The Hall–Kier alpha value is -2.33. The van der Waals surface area contributed by atoms with Gasteiger partial charge in [0.25, 0.3) is 5.91 Å². The van der Waals surface area contributed by atoms with Crippen LogP contribution in [0.1, 0.15) is 24.2 Å². The van der Waals surface area contributed by atoms with Gasteiger partial charge in [-0.2, -0.15) is 0 Å². The van der Waals surface area contributed by atoms with Gasteiger partial charge in [0.05, 0.1) is 15.6 Å². The van der Waals surface area contributed by atoms with E-state index in [-0.39, 0.29) is 21.5 Å². The molecule has 0 fully saturated rings. The minimum Gasteiger partial charge on any atom is -0.298 e. The minimum atomic E-state index is -3.71. The smallest absolute Gasteiger partial charge is 0.257 e. The highest BCUT2D eigenvalue weighted by atomic mass is 35.5. The highest BCUT2D eigenvalue weighted by molar-refractivity contribution is 7.89. The number of carbonyl (C=O) groups excluding carboxylic acids is 1. The summed E-state index contributed by atoms with van der Waals surface area (Å²) < 4.78 is 40.4. The Bertz CT molecular complexity index is 1160. The van der Waals surface area contributed by atoms with Gasteiger partial charge in [-0.1, -0.05) is 17.7 Å². The van der Waals surface area contributed by atoms with E-state index in [1.54, 1.807) is 19.2 Å². The average molecular weight is 454 g/mol. The molecule has 0 atom stereocenters. The zero-order valence-corrected chi connectivity index (χ0v) is 17.8. The summed E-state index contributed by atoms with van der Waals surface area (Å²) in [5.41, 5.74) is 1.32. The number of carbonyl (C=O) groups is 1. The first-order chi connectivity index (χ1) is 13.7. The van der Waals surface area contributed by atoms with Crippen LogP contribution in [0.3, 0.4) is 0 Å². The van der Waals surface area contributed by atoms with Crippen molar-refractivity contribution >= 4 is 44.0 Å². The van der Waals surface area contributed by atoms with Crippen molar-refractivity contribution in [3.8, 4) is 11.3 Å². The summed E-state index contributed by atoms with van der Waals surface area (Å²) >= 11 is 6.98. The molecule has 6 nitrogen and oxygen atoms in total. The average Bonchev–Trinajstić information content (AvgIpc) is 3.11. The Balaban J connectivity index is 1.78. The van der Waals surface area contributed by atoms with Gasteiger partial charge in [-0.15, -0.1) is 11.3 Å². The van der Waals surface area contributed by atoms with Crippen LogP contribution in [0, 0.1) is 5.82 Å². The standard InChI is InChI=1S/C19H17ClFN3O3S2/c1-11(2)24-29(26,27)14-5-3-4-13(8-14)18(25)23-19-22-17(10-28-19)12-6-7-16(21)15(20)9-12/h3-11,24H,1-2H3,(H,22,23,25). The van der Waals surface area contributed by atoms with Crippen molar-refractivity contribution in [2.75, 3.05) is 5.32 Å². The molecule has 2 aromatic carbocycles. The van der Waals surface area contributed by atoms with E-state index in [4.69, 9.17) is 11.6 Å². The zero-order chi connectivity index (χ0) is 21.2. The van der Waals surface area contributed by atoms with Crippen LogP contribution in [0.2, 0.25) is 5.02 Å². The monoisotopic (exact) mass is 453 g/mol. The molecule has 0 radical (unpaired) electrons. The fourth-order valence-electron chi connectivity index (χ4n) is 2.47. The van der Waals surface area contributed by atoms with Crippen molar-refractivity contribution in [1.29, 1.82) is 0 Å². The van der Waals surface area contributed by atoms with E-state index < -0.39 is 21.7 Å². The molecular weight excluding hydrogens is 437 g/mol. The third-order valence-corrected chi connectivity index (χ3v) is 6.44. The number of rotatable bonds is 6. The molecule has 1 heterocycles. The van der Waals surface area contributed by atoms with Crippen molar-refractivity contribution in [2.24, 2.45) is 0 Å². The summed E-state index contributed by atoms with van der Waals surface area (Å²) in [6.07, 6.45) is 0. The number of hydrogen-bond acceptors (Lipinski definition) is 5. The van der Waals surface area contributed by atoms with Gasteiger partial charge in [0.1, 0.15) is 5.82 Å². The van der Waals surface area contributed by atoms with E-state index in [1.165, 1.54) is 53.8 Å². The highest BCUT2D eigenvalue weighted by Crippen LogP contribution is 2.28. The fraction of sp³-hybridized carbons (Fsp3) is 0.158. The molecular formula is C19H17ClFN3O3S2. The first kappa shape index (κ1) is 21.4. The predicted molar refractivity (Wildman–Crippen MR) is 112 cm³/mol. The van der Waals surface area contributed by atoms with Crippen molar-refractivity contribution in [3.05, 3.63) is 64.2 Å². The lowest BCUT2D eigenvalue weighted by molar-refractivity contribution is 0.102. The molecule has 2 N–H and O–H groups in total. The molecule has 0 spiro atoms. The summed E-state index contributed by atoms with van der Waals surface area (Å²) in [6.45, 7) is 3.42. The van der Waals surface area contributed by atoms with E-state index in [2.05, 4.69) is 15.0 Å². The molecule has 152 valence electrons. The van der Waals surface area contributed by atoms with Gasteiger partial charge in [0.15, 0.2) is 5.13 Å². The van der Waals surface area contributed by atoms with Gasteiger partial charge in [0.2, 0.25) is 10.0 Å². The van der Waals surface area contributed by atoms with Gasteiger partial charge >= 0.3 is 0 Å². The number of anilines is 1. The van der Waals surface area contributed by atoms with Gasteiger partial charge < -0.3 is 0 Å². The number of sulfonamides is 1. The third kappa shape index (κ3) is 5.18. The van der Waals surface area contributed by atoms with Gasteiger partial charge in [-0.05, 0) is 50.2 Å². The summed E-state index contributed by atoms with van der Waals surface area (Å²) in [5.74, 6) is -1.02. The maximum absolute atomic E-state index is 13.3. The summed E-state index contributed by atoms with van der Waals surface area (Å²) in [7, 11) is -3.71. The SMILES string of the molecule is CC(C)NS(=O)(=O)c1cccc(C(=O)Nc2nc(-c3ccc(F)c(Cl)c3)cs2)c1. The number of nitrogens with zero attached hydrogens (tertiary/aromatic N) is 1. The normalized spacial score (nSPS) is 11.6. The lowest BCUT2D eigenvalue weighted by atomic mass is 10.2. The van der Waals surface area contributed by atoms with Crippen LogP contribution in [-0.2, 0) is 10.0 Å². The number of aromatic nitrogens is 1. The summed E-state index contributed by atoms with van der Waals surface area (Å²) in [5, 5.41) is 4.64. The molecule has 29 heavy (non-hydrogen) atoms. The first-order valence-electron chi connectivity index (χ1n) is 8.50. The Morgan fingerprint density at radius 3 is 2.66 bits per heavy atom. The molecule has 0 saturated carbocycles. The fourth-order valence-corrected chi connectivity index (χ4v) is 4.66. The second kappa shape index (κ2) is 8.58. The lowest BCUT2D eigenvalue weighted by Crippen LogP contribution is -2.30. The molecule has 1 aromatic heterocycles. The minimum absolute atomic E-state index is 0.000341. The van der Waals surface area contributed by atoms with Crippen LogP contribution in [0.5, 0.6) is 0 Å². The third-order valence-electron chi connectivity index (χ3n) is 3.74. The number of amides is 1. The summed E-state index contributed by atoms with van der Waals surface area (Å²) in [4.78, 5) is 16.8. The molecule has 0 unspecified atom stereocenters. The lowest BCUT2D eigenvalue weighted by Gasteiger charge is -2.10. The maximum atomic E-state index is 13.3. The van der Waals surface area contributed by atoms with Crippen LogP contribution in [0.4, 0.5) is 9.52 Å². The Labute approximate surface area is 176 Å². The van der Waals surface area contributed by atoms with E-state index in [0.717, 1.165) is 0 Å². The molecule has 0 saturated heterocycles. The topological polar surface area (TPSA) is 88.2 Å². The predicted octanol–water partition coefficient (Wildman–Crippen LogP) is 4.54. The molecule has 3 aromatic rings. The molecule has 0 aliphatic rings. The number of halogens is 2. The van der Waals surface area contributed by atoms with Gasteiger partial charge in [-0.25, -0.2) is 22.5 Å². The highest BCUT2D eigenvalue weighted by Gasteiger charge is 2.18. The zero-order valence-electron chi connectivity index (χ0n) is 15.4. The Morgan fingerprint density at radius 1 is 1.21 bits per heavy atom. The number of hydrogen-bond donors (Lipinski definition) is 2. The van der Waals surface area contributed by atoms with E-state index >= 15 is 0 Å². The molecule has 0 aliphatic carbocycles. The Morgan fingerprint density at radius 2 is 1.97 bits per heavy atom. The van der Waals surface area contributed by atoms with Crippen LogP contribution < -0.4 is 10.0 Å². The van der Waals surface area contributed by atoms with Crippen molar-refractivity contribution in [1.82, 2.24) is 9.71 Å². The second-order valence-electron chi connectivity index (χ2n) is 6.42. The van der Waals surface area contributed by atoms with Crippen LogP contribution >= 0.6 is 22.9 Å². The van der Waals surface area contributed by atoms with Gasteiger partial charge in [0, 0.05) is 22.5 Å². The van der Waals surface area contributed by atoms with Crippen LogP contribution in [-0.4, -0.2) is 25.4 Å². The van der Waals surface area contributed by atoms with E-state index in [9.17, 15) is 17.6 Å². The Kier molecular flexibility index (Phi) is 6.33. The number of nitrogens with one attached hydrogen (secondary N) is 2. The van der Waals surface area contributed by atoms with Crippen LogP contribution in [0.25, 0.3) is 11.3 Å². The largest absolute Gasteiger partial charge is 0.298 e. The van der Waals surface area contributed by atoms with Crippen LogP contribution in [0.15, 0.2) is 52.7 Å². The van der Waals surface area contributed by atoms with E-state index in [0.29, 0.717) is 16.4 Å². The second-order valence-corrected chi connectivity index (χ2v) is 9.40. The molecule has 0 aliphatic heterocycles. The number of benzene rings is 2. The maximum Gasteiger partial charge on any atom is 0.257 e. The van der Waals surface area contributed by atoms with Crippen molar-refractivity contribution in [2.45, 2.75) is 24.8 Å². The molecule has 0 bridgehead atoms. The molecule has 1 amide bonds. The quantitative estimate of drug-likeness (QED) is 0.573. The van der Waals surface area contributed by atoms with E-state index in [1.807, 2.05) is 0 Å².